The molecule has 0 saturated carbocycles. The van der Waals surface area contributed by atoms with E-state index in [9.17, 15) is 9.90 Å². The molecule has 32 heavy (non-hydrogen) atoms. The molecule has 7 heteroatoms. The zero-order chi connectivity index (χ0) is 22.3. The van der Waals surface area contributed by atoms with Crippen LogP contribution in [0.3, 0.4) is 0 Å². The molecule has 1 saturated heterocycles. The van der Waals surface area contributed by atoms with Crippen LogP contribution < -0.4 is 5.32 Å². The standard InChI is InChI=1S/C25H26N2O4S/c1-17(29)27-21-6-4-5-20(13-21)25-30-22(16-32-24-7-2-3-12-26-24)14-23(31-25)19-10-8-18(15-28)9-11-19/h2-13,22-23,25,28H,14-16H2,1H3,(H,27,29)/t22-,23+,25+/m1/s1. The number of aromatic nitrogens is 1. The Hall–Kier alpha value is -2.71. The van der Waals surface area contributed by atoms with Crippen molar-refractivity contribution in [3.63, 3.8) is 0 Å². The second-order valence-electron chi connectivity index (χ2n) is 7.64. The van der Waals surface area contributed by atoms with Crippen LogP contribution in [-0.2, 0) is 20.9 Å². The van der Waals surface area contributed by atoms with Crippen molar-refractivity contribution in [3.8, 4) is 0 Å². The van der Waals surface area contributed by atoms with Gasteiger partial charge in [0.25, 0.3) is 0 Å². The first-order valence-electron chi connectivity index (χ1n) is 10.5. The summed E-state index contributed by atoms with van der Waals surface area (Å²) < 4.78 is 12.7. The highest BCUT2D eigenvalue weighted by Gasteiger charge is 2.32. The van der Waals surface area contributed by atoms with Crippen molar-refractivity contribution < 1.29 is 19.4 Å². The van der Waals surface area contributed by atoms with Crippen LogP contribution in [0, 0.1) is 0 Å². The maximum absolute atomic E-state index is 11.5. The number of benzene rings is 2. The van der Waals surface area contributed by atoms with Gasteiger partial charge in [0.15, 0.2) is 6.29 Å². The van der Waals surface area contributed by atoms with Crippen molar-refractivity contribution in [1.29, 1.82) is 0 Å². The molecular weight excluding hydrogens is 424 g/mol. The average molecular weight is 451 g/mol. The normalized spacial score (nSPS) is 20.6. The van der Waals surface area contributed by atoms with Crippen LogP contribution in [0.15, 0.2) is 78.0 Å². The molecule has 0 spiro atoms. The lowest BCUT2D eigenvalue weighted by Gasteiger charge is -2.36. The van der Waals surface area contributed by atoms with E-state index in [4.69, 9.17) is 9.47 Å². The van der Waals surface area contributed by atoms with Gasteiger partial charge in [0.1, 0.15) is 0 Å². The van der Waals surface area contributed by atoms with Crippen LogP contribution in [0.4, 0.5) is 5.69 Å². The fourth-order valence-corrected chi connectivity index (χ4v) is 4.48. The maximum Gasteiger partial charge on any atom is 0.221 e. The Morgan fingerprint density at radius 3 is 2.66 bits per heavy atom. The van der Waals surface area contributed by atoms with E-state index in [1.807, 2.05) is 66.7 Å². The van der Waals surface area contributed by atoms with Crippen LogP contribution in [0.25, 0.3) is 0 Å². The summed E-state index contributed by atoms with van der Waals surface area (Å²) >= 11 is 1.66. The minimum absolute atomic E-state index is 0.0107. The zero-order valence-corrected chi connectivity index (χ0v) is 18.6. The first-order valence-corrected chi connectivity index (χ1v) is 11.5. The average Bonchev–Trinajstić information content (AvgIpc) is 2.83. The van der Waals surface area contributed by atoms with Crippen LogP contribution in [0.5, 0.6) is 0 Å². The van der Waals surface area contributed by atoms with Crippen molar-refractivity contribution >= 4 is 23.4 Å². The predicted octanol–water partition coefficient (Wildman–Crippen LogP) is 4.87. The van der Waals surface area contributed by atoms with Crippen LogP contribution >= 0.6 is 11.8 Å². The Balaban J connectivity index is 1.55. The Morgan fingerprint density at radius 2 is 1.94 bits per heavy atom. The van der Waals surface area contributed by atoms with Crippen molar-refractivity contribution in [2.24, 2.45) is 0 Å². The molecule has 1 amide bonds. The Bertz CT molecular complexity index is 1030. The summed E-state index contributed by atoms with van der Waals surface area (Å²) in [7, 11) is 0. The topological polar surface area (TPSA) is 80.7 Å². The van der Waals surface area contributed by atoms with Gasteiger partial charge < -0.3 is 19.9 Å². The molecular formula is C25H26N2O4S. The maximum atomic E-state index is 11.5. The van der Waals surface area contributed by atoms with Crippen molar-refractivity contribution in [3.05, 3.63) is 89.6 Å². The van der Waals surface area contributed by atoms with Gasteiger partial charge in [-0.1, -0.05) is 42.5 Å². The number of thioether (sulfide) groups is 1. The van der Waals surface area contributed by atoms with E-state index >= 15 is 0 Å². The van der Waals surface area contributed by atoms with E-state index in [1.54, 1.807) is 18.0 Å². The summed E-state index contributed by atoms with van der Waals surface area (Å²) in [5.41, 5.74) is 3.46. The van der Waals surface area contributed by atoms with Gasteiger partial charge in [0.2, 0.25) is 5.91 Å². The summed E-state index contributed by atoms with van der Waals surface area (Å²) in [5, 5.41) is 13.1. The number of nitrogens with zero attached hydrogens (tertiary/aromatic N) is 1. The zero-order valence-electron chi connectivity index (χ0n) is 17.8. The molecule has 1 aliphatic rings. The Morgan fingerprint density at radius 1 is 1.09 bits per heavy atom. The number of aliphatic hydroxyl groups is 1. The van der Waals surface area contributed by atoms with E-state index < -0.39 is 6.29 Å². The van der Waals surface area contributed by atoms with Gasteiger partial charge in [0, 0.05) is 36.5 Å². The van der Waals surface area contributed by atoms with Crippen LogP contribution in [0.2, 0.25) is 0 Å². The van der Waals surface area contributed by atoms with Crippen molar-refractivity contribution in [2.75, 3.05) is 11.1 Å². The minimum Gasteiger partial charge on any atom is -0.392 e. The molecule has 1 aromatic heterocycles. The molecule has 3 atom stereocenters. The van der Waals surface area contributed by atoms with E-state index in [-0.39, 0.29) is 24.7 Å². The van der Waals surface area contributed by atoms with Crippen LogP contribution in [0.1, 0.15) is 42.4 Å². The summed E-state index contributed by atoms with van der Waals surface area (Å²) in [6.45, 7) is 1.49. The van der Waals surface area contributed by atoms with E-state index in [2.05, 4.69) is 10.3 Å². The Labute approximate surface area is 192 Å². The summed E-state index contributed by atoms with van der Waals surface area (Å²) in [4.78, 5) is 15.9. The SMILES string of the molecule is CC(=O)Nc1cccc([C@H]2O[C@@H](CSc3ccccn3)C[C@@H](c3ccc(CO)cc3)O2)c1. The molecule has 2 aromatic carbocycles. The second kappa shape index (κ2) is 10.7. The third kappa shape index (κ3) is 5.95. The van der Waals surface area contributed by atoms with Gasteiger partial charge in [-0.2, -0.15) is 0 Å². The lowest BCUT2D eigenvalue weighted by molar-refractivity contribution is -0.245. The quantitative estimate of drug-likeness (QED) is 0.500. The number of nitrogens with one attached hydrogen (secondary N) is 1. The first-order chi connectivity index (χ1) is 15.6. The molecule has 4 rings (SSSR count). The number of pyridine rings is 1. The number of aliphatic hydroxyl groups excluding tert-OH is 1. The number of hydrogen-bond donors (Lipinski definition) is 2. The first kappa shape index (κ1) is 22.5. The number of rotatable bonds is 7. The van der Waals surface area contributed by atoms with Crippen LogP contribution in [-0.4, -0.2) is 27.9 Å². The van der Waals surface area contributed by atoms with Gasteiger partial charge >= 0.3 is 0 Å². The fraction of sp³-hybridized carbons (Fsp3) is 0.280. The molecule has 6 nitrogen and oxygen atoms in total. The van der Waals surface area contributed by atoms with Gasteiger partial charge in [-0.3, -0.25) is 4.79 Å². The summed E-state index contributed by atoms with van der Waals surface area (Å²) in [6.07, 6.45) is 1.73. The molecule has 0 unspecified atom stereocenters. The molecule has 0 aliphatic carbocycles. The Kier molecular flexibility index (Phi) is 7.55. The molecule has 0 bridgehead atoms. The van der Waals surface area contributed by atoms with E-state index in [0.717, 1.165) is 27.5 Å². The monoisotopic (exact) mass is 450 g/mol. The predicted molar refractivity (Wildman–Crippen MR) is 124 cm³/mol. The number of ether oxygens (including phenoxy) is 2. The third-order valence-corrected chi connectivity index (χ3v) is 6.22. The van der Waals surface area contributed by atoms with Gasteiger partial charge in [0.05, 0.1) is 23.8 Å². The van der Waals surface area contributed by atoms with Crippen molar-refractivity contribution in [1.82, 2.24) is 4.98 Å². The molecule has 1 fully saturated rings. The van der Waals surface area contributed by atoms with Gasteiger partial charge in [-0.25, -0.2) is 4.98 Å². The van der Waals surface area contributed by atoms with Crippen molar-refractivity contribution in [2.45, 2.75) is 43.5 Å². The third-order valence-electron chi connectivity index (χ3n) is 5.15. The lowest BCUT2D eigenvalue weighted by atomic mass is 10.0. The molecule has 2 heterocycles. The van der Waals surface area contributed by atoms with Gasteiger partial charge in [-0.15, -0.1) is 11.8 Å². The number of anilines is 1. The second-order valence-corrected chi connectivity index (χ2v) is 8.68. The molecule has 1 aliphatic heterocycles. The summed E-state index contributed by atoms with van der Waals surface area (Å²) in [6, 6.07) is 21.2. The molecule has 2 N–H and O–H groups in total. The minimum atomic E-state index is -0.561. The largest absolute Gasteiger partial charge is 0.392 e. The lowest BCUT2D eigenvalue weighted by Crippen LogP contribution is -2.31. The molecule has 0 radical (unpaired) electrons. The molecule has 166 valence electrons. The van der Waals surface area contributed by atoms with Gasteiger partial charge in [-0.05, 0) is 35.4 Å². The van der Waals surface area contributed by atoms with E-state index in [1.165, 1.54) is 6.92 Å². The summed E-state index contributed by atoms with van der Waals surface area (Å²) in [5.74, 6) is 0.618. The number of amides is 1. The smallest absolute Gasteiger partial charge is 0.221 e. The highest BCUT2D eigenvalue weighted by Crippen LogP contribution is 2.39. The number of carbonyl (C=O) groups is 1. The fourth-order valence-electron chi connectivity index (χ4n) is 3.60. The molecule has 3 aromatic rings. The highest BCUT2D eigenvalue weighted by atomic mass is 32.2. The highest BCUT2D eigenvalue weighted by molar-refractivity contribution is 7.99. The number of hydrogen-bond acceptors (Lipinski definition) is 6. The van der Waals surface area contributed by atoms with E-state index in [0.29, 0.717) is 12.1 Å². The number of carbonyl (C=O) groups excluding carboxylic acids is 1.